The third-order valence-corrected chi connectivity index (χ3v) is 5.71. The molecule has 2 rings (SSSR count). The van der Waals surface area contributed by atoms with Gasteiger partial charge in [-0.05, 0) is 70.9 Å². The number of allylic oxidation sites excluding steroid dienone is 1. The predicted octanol–water partition coefficient (Wildman–Crippen LogP) is 4.55. The molecule has 1 N–H and O–H groups in total. The molecule has 0 aliphatic heterocycles. The molecule has 0 spiro atoms. The van der Waals surface area contributed by atoms with Gasteiger partial charge in [0.05, 0.1) is 16.0 Å². The molecule has 0 amide bonds. The third kappa shape index (κ3) is 4.34. The second kappa shape index (κ2) is 7.91. The van der Waals surface area contributed by atoms with E-state index in [0.717, 1.165) is 0 Å². The Hall–Kier alpha value is -2.01. The Kier molecular flexibility index (Phi) is 6.11. The van der Waals surface area contributed by atoms with Crippen LogP contribution in [-0.2, 0) is 9.84 Å². The number of phenols is 1. The van der Waals surface area contributed by atoms with Crippen molar-refractivity contribution in [2.24, 2.45) is 0 Å². The van der Waals surface area contributed by atoms with Crippen LogP contribution in [0.3, 0.4) is 0 Å². The van der Waals surface area contributed by atoms with Crippen molar-refractivity contribution in [3.05, 3.63) is 56.4 Å². The maximum atomic E-state index is 12.6. The Bertz CT molecular complexity index is 963. The number of ether oxygens (including phenoxy) is 1. The summed E-state index contributed by atoms with van der Waals surface area (Å²) in [6, 6.07) is 10.2. The molecule has 0 fully saturated rings. The molecule has 25 heavy (non-hydrogen) atoms. The molecule has 0 saturated carbocycles. The van der Waals surface area contributed by atoms with Gasteiger partial charge in [0.15, 0.2) is 11.5 Å². The van der Waals surface area contributed by atoms with Gasteiger partial charge in [0, 0.05) is 5.02 Å². The summed E-state index contributed by atoms with van der Waals surface area (Å²) in [5, 5.41) is 19.6. The fraction of sp³-hybridized carbons (Fsp3) is 0.118. The number of nitriles is 1. The molecule has 0 aliphatic carbocycles. The fourth-order valence-electron chi connectivity index (χ4n) is 2.00. The number of halogens is 2. The van der Waals surface area contributed by atoms with Crippen LogP contribution >= 0.6 is 27.5 Å². The average Bonchev–Trinajstić information content (AvgIpc) is 2.57. The second-order valence-electron chi connectivity index (χ2n) is 4.86. The highest BCUT2D eigenvalue weighted by Gasteiger charge is 2.21. The molecule has 0 radical (unpaired) electrons. The Balaban J connectivity index is 2.54. The summed E-state index contributed by atoms with van der Waals surface area (Å²) in [7, 11) is -3.99. The standard InChI is InChI=1S/C17H13BrClNO4S/c1-2-24-16-9-11(8-15(18)17(16)21)7-14(10-20)25(22,23)13-5-3-12(19)4-6-13/h3-9,21H,2H2,1H3/b14-7-. The average molecular weight is 443 g/mol. The number of hydrogen-bond acceptors (Lipinski definition) is 5. The first-order valence-corrected chi connectivity index (χ1v) is 9.72. The summed E-state index contributed by atoms with van der Waals surface area (Å²) in [6.45, 7) is 2.07. The quantitative estimate of drug-likeness (QED) is 0.687. The van der Waals surface area contributed by atoms with E-state index in [0.29, 0.717) is 21.7 Å². The van der Waals surface area contributed by atoms with Crippen molar-refractivity contribution in [1.82, 2.24) is 0 Å². The number of rotatable bonds is 5. The lowest BCUT2D eigenvalue weighted by Crippen LogP contribution is -2.03. The van der Waals surface area contributed by atoms with E-state index >= 15 is 0 Å². The van der Waals surface area contributed by atoms with Gasteiger partial charge in [0.25, 0.3) is 0 Å². The normalized spacial score (nSPS) is 11.8. The first-order valence-electron chi connectivity index (χ1n) is 7.07. The Morgan fingerprint density at radius 1 is 1.36 bits per heavy atom. The number of benzene rings is 2. The molecule has 0 bridgehead atoms. The molecular formula is C17H13BrClNO4S. The number of aromatic hydroxyl groups is 1. The highest BCUT2D eigenvalue weighted by Crippen LogP contribution is 2.36. The SMILES string of the molecule is CCOc1cc(/C=C(/C#N)S(=O)(=O)c2ccc(Cl)cc2)cc(Br)c1O. The fourth-order valence-corrected chi connectivity index (χ4v) is 3.75. The summed E-state index contributed by atoms with van der Waals surface area (Å²) < 4.78 is 30.9. The Morgan fingerprint density at radius 2 is 2.00 bits per heavy atom. The molecule has 0 unspecified atom stereocenters. The number of hydrogen-bond donors (Lipinski definition) is 1. The first-order chi connectivity index (χ1) is 11.8. The van der Waals surface area contributed by atoms with Crippen LogP contribution in [-0.4, -0.2) is 20.1 Å². The molecule has 0 heterocycles. The molecule has 0 aliphatic rings. The highest BCUT2D eigenvalue weighted by atomic mass is 79.9. The van der Waals surface area contributed by atoms with Gasteiger partial charge in [-0.25, -0.2) is 8.42 Å². The summed E-state index contributed by atoms with van der Waals surface area (Å²) in [4.78, 5) is -0.470. The Morgan fingerprint density at radius 3 is 2.56 bits per heavy atom. The van der Waals surface area contributed by atoms with Crippen LogP contribution in [0.5, 0.6) is 11.5 Å². The van der Waals surface area contributed by atoms with E-state index in [-0.39, 0.29) is 16.4 Å². The lowest BCUT2D eigenvalue weighted by molar-refractivity contribution is 0.317. The van der Waals surface area contributed by atoms with Crippen molar-refractivity contribution in [3.8, 4) is 17.6 Å². The maximum Gasteiger partial charge on any atom is 0.216 e. The van der Waals surface area contributed by atoms with Crippen LogP contribution in [0.1, 0.15) is 12.5 Å². The van der Waals surface area contributed by atoms with Gasteiger partial charge in [-0.3, -0.25) is 0 Å². The first kappa shape index (κ1) is 19.3. The van der Waals surface area contributed by atoms with E-state index in [9.17, 15) is 18.8 Å². The largest absolute Gasteiger partial charge is 0.503 e. The van der Waals surface area contributed by atoms with Gasteiger partial charge in [0.1, 0.15) is 11.0 Å². The maximum absolute atomic E-state index is 12.6. The van der Waals surface area contributed by atoms with Crippen molar-refractivity contribution in [3.63, 3.8) is 0 Å². The molecule has 2 aromatic rings. The van der Waals surface area contributed by atoms with E-state index in [4.69, 9.17) is 16.3 Å². The molecule has 0 saturated heterocycles. The molecule has 2 aromatic carbocycles. The van der Waals surface area contributed by atoms with Gasteiger partial charge in [-0.15, -0.1) is 0 Å². The van der Waals surface area contributed by atoms with Crippen molar-refractivity contribution < 1.29 is 18.3 Å². The zero-order valence-corrected chi connectivity index (χ0v) is 16.2. The predicted molar refractivity (Wildman–Crippen MR) is 99.2 cm³/mol. The molecule has 130 valence electrons. The topological polar surface area (TPSA) is 87.4 Å². The number of phenolic OH excluding ortho intramolecular Hbond substituents is 1. The van der Waals surface area contributed by atoms with Crippen molar-refractivity contribution >= 4 is 43.4 Å². The van der Waals surface area contributed by atoms with E-state index < -0.39 is 14.7 Å². The van der Waals surface area contributed by atoms with E-state index in [1.807, 2.05) is 0 Å². The lowest BCUT2D eigenvalue weighted by atomic mass is 10.2. The van der Waals surface area contributed by atoms with Crippen LogP contribution in [0.25, 0.3) is 6.08 Å². The minimum atomic E-state index is -3.99. The third-order valence-electron chi connectivity index (χ3n) is 3.17. The van der Waals surface area contributed by atoms with Gasteiger partial charge < -0.3 is 9.84 Å². The van der Waals surface area contributed by atoms with E-state index in [1.54, 1.807) is 13.0 Å². The molecule has 0 atom stereocenters. The zero-order valence-electron chi connectivity index (χ0n) is 13.0. The van der Waals surface area contributed by atoms with Crippen molar-refractivity contribution in [2.75, 3.05) is 6.61 Å². The second-order valence-corrected chi connectivity index (χ2v) is 8.07. The molecular weight excluding hydrogens is 430 g/mol. The van der Waals surface area contributed by atoms with Gasteiger partial charge in [-0.1, -0.05) is 11.6 Å². The molecule has 8 heteroatoms. The van der Waals surface area contributed by atoms with Crippen LogP contribution < -0.4 is 4.74 Å². The smallest absolute Gasteiger partial charge is 0.216 e. The zero-order chi connectivity index (χ0) is 18.6. The van der Waals surface area contributed by atoms with Gasteiger partial charge in [-0.2, -0.15) is 5.26 Å². The van der Waals surface area contributed by atoms with Gasteiger partial charge in [0.2, 0.25) is 9.84 Å². The minimum absolute atomic E-state index is 0.0347. The summed E-state index contributed by atoms with van der Waals surface area (Å²) in [5.74, 6) is 0.0855. The lowest BCUT2D eigenvalue weighted by Gasteiger charge is -2.09. The summed E-state index contributed by atoms with van der Waals surface area (Å²) in [6.07, 6.45) is 1.22. The van der Waals surface area contributed by atoms with Gasteiger partial charge >= 0.3 is 0 Å². The molecule has 5 nitrogen and oxygen atoms in total. The van der Waals surface area contributed by atoms with Crippen molar-refractivity contribution in [2.45, 2.75) is 11.8 Å². The monoisotopic (exact) mass is 441 g/mol. The van der Waals surface area contributed by atoms with Crippen LogP contribution in [0.2, 0.25) is 5.02 Å². The van der Waals surface area contributed by atoms with Crippen LogP contribution in [0.15, 0.2) is 50.7 Å². The summed E-state index contributed by atoms with van der Waals surface area (Å²) in [5.41, 5.74) is 0.391. The van der Waals surface area contributed by atoms with E-state index in [1.165, 1.54) is 42.5 Å². The van der Waals surface area contributed by atoms with Crippen molar-refractivity contribution in [1.29, 1.82) is 5.26 Å². The highest BCUT2D eigenvalue weighted by molar-refractivity contribution is 9.10. The number of nitrogens with zero attached hydrogens (tertiary/aromatic N) is 1. The Labute approximate surface area is 159 Å². The van der Waals surface area contributed by atoms with E-state index in [2.05, 4.69) is 15.9 Å². The molecule has 0 aromatic heterocycles. The number of sulfone groups is 1. The van der Waals surface area contributed by atoms with Crippen LogP contribution in [0.4, 0.5) is 0 Å². The minimum Gasteiger partial charge on any atom is -0.503 e. The summed E-state index contributed by atoms with van der Waals surface area (Å²) >= 11 is 8.94. The van der Waals surface area contributed by atoms with Crippen LogP contribution in [0, 0.1) is 11.3 Å².